The lowest BCUT2D eigenvalue weighted by atomic mass is 9.83. The fourth-order valence-electron chi connectivity index (χ4n) is 2.56. The second kappa shape index (κ2) is 5.34. The van der Waals surface area contributed by atoms with E-state index < -0.39 is 10.0 Å². The van der Waals surface area contributed by atoms with Gasteiger partial charge in [-0.1, -0.05) is 12.1 Å². The van der Waals surface area contributed by atoms with E-state index in [1.807, 2.05) is 19.1 Å². The van der Waals surface area contributed by atoms with Crippen LogP contribution in [0.5, 0.6) is 0 Å². The first kappa shape index (κ1) is 14.1. The SMILES string of the molecule is CC1c2cccc(NS(C)(=O)=O)c2CCN1BC=O. The largest absolute Gasteiger partial charge is 0.332 e. The van der Waals surface area contributed by atoms with Crippen molar-refractivity contribution in [1.29, 1.82) is 0 Å². The summed E-state index contributed by atoms with van der Waals surface area (Å²) in [6.07, 6.45) is 2.80. The third kappa shape index (κ3) is 3.16. The Morgan fingerprint density at radius 3 is 2.84 bits per heavy atom. The third-order valence-corrected chi connectivity index (χ3v) is 4.05. The molecule has 1 heterocycles. The highest BCUT2D eigenvalue weighted by atomic mass is 32.2. The summed E-state index contributed by atoms with van der Waals surface area (Å²) in [4.78, 5) is 12.7. The van der Waals surface area contributed by atoms with Crippen molar-refractivity contribution in [1.82, 2.24) is 4.81 Å². The standard InChI is InChI=1S/C12H17BN2O3S/c1-9-10-4-3-5-12(14-19(2,17)18)11(10)6-7-15(9)13-8-16/h3-5,8-9,13-14H,6-7H2,1-2H3. The van der Waals surface area contributed by atoms with Crippen LogP contribution in [0.2, 0.25) is 0 Å². The van der Waals surface area contributed by atoms with E-state index in [1.54, 1.807) is 6.07 Å². The Morgan fingerprint density at radius 2 is 2.21 bits per heavy atom. The first-order valence-electron chi connectivity index (χ1n) is 6.19. The van der Waals surface area contributed by atoms with Crippen molar-refractivity contribution in [3.05, 3.63) is 29.3 Å². The van der Waals surface area contributed by atoms with Crippen molar-refractivity contribution in [2.45, 2.75) is 19.4 Å². The number of nitrogens with zero attached hydrogens (tertiary/aromatic N) is 1. The molecule has 0 aliphatic carbocycles. The highest BCUT2D eigenvalue weighted by Crippen LogP contribution is 2.33. The topological polar surface area (TPSA) is 66.5 Å². The summed E-state index contributed by atoms with van der Waals surface area (Å²) in [6, 6.07) is 5.73. The van der Waals surface area contributed by atoms with Crippen LogP contribution in [-0.4, -0.2) is 39.6 Å². The summed E-state index contributed by atoms with van der Waals surface area (Å²) in [5.41, 5.74) is 2.77. The van der Waals surface area contributed by atoms with Crippen molar-refractivity contribution < 1.29 is 13.2 Å². The summed E-state index contributed by atoms with van der Waals surface area (Å²) in [5, 5.41) is 0. The van der Waals surface area contributed by atoms with Crippen LogP contribution in [0.15, 0.2) is 18.2 Å². The smallest absolute Gasteiger partial charge is 0.281 e. The molecule has 0 amide bonds. The maximum absolute atomic E-state index is 11.4. The van der Waals surface area contributed by atoms with E-state index in [-0.39, 0.29) is 6.04 Å². The highest BCUT2D eigenvalue weighted by molar-refractivity contribution is 7.92. The lowest BCUT2D eigenvalue weighted by Crippen LogP contribution is -2.37. The van der Waals surface area contributed by atoms with Crippen molar-refractivity contribution >= 4 is 29.3 Å². The van der Waals surface area contributed by atoms with Gasteiger partial charge in [-0.25, -0.2) is 8.42 Å². The van der Waals surface area contributed by atoms with Crippen LogP contribution in [-0.2, 0) is 21.2 Å². The fraction of sp³-hybridized carbons (Fsp3) is 0.417. The minimum Gasteiger partial charge on any atom is -0.332 e. The number of nitrogens with one attached hydrogen (secondary N) is 1. The Kier molecular flexibility index (Phi) is 3.96. The number of hydrogen-bond donors (Lipinski definition) is 1. The normalized spacial score (nSPS) is 19.6. The van der Waals surface area contributed by atoms with Gasteiger partial charge < -0.3 is 9.61 Å². The van der Waals surface area contributed by atoms with E-state index in [4.69, 9.17) is 0 Å². The maximum Gasteiger partial charge on any atom is 0.281 e. The molecule has 1 aliphatic heterocycles. The molecule has 0 radical (unpaired) electrons. The molecule has 7 heteroatoms. The molecule has 0 spiro atoms. The fourth-order valence-corrected chi connectivity index (χ4v) is 3.15. The number of hydrogen-bond acceptors (Lipinski definition) is 4. The van der Waals surface area contributed by atoms with E-state index in [1.165, 1.54) is 0 Å². The highest BCUT2D eigenvalue weighted by Gasteiger charge is 2.25. The Hall–Kier alpha value is -1.34. The zero-order valence-corrected chi connectivity index (χ0v) is 11.9. The molecule has 0 saturated carbocycles. The van der Waals surface area contributed by atoms with Crippen molar-refractivity contribution in [2.75, 3.05) is 17.5 Å². The second-order valence-corrected chi connectivity index (χ2v) is 6.58. The van der Waals surface area contributed by atoms with Gasteiger partial charge in [0.2, 0.25) is 10.0 Å². The summed E-state index contributed by atoms with van der Waals surface area (Å²) in [6.45, 7) is 2.79. The molecular formula is C12H17BN2O3S. The van der Waals surface area contributed by atoms with E-state index >= 15 is 0 Å². The van der Waals surface area contributed by atoms with Crippen LogP contribution in [0, 0.1) is 0 Å². The molecule has 1 N–H and O–H groups in total. The van der Waals surface area contributed by atoms with Gasteiger partial charge in [-0.2, -0.15) is 0 Å². The molecule has 0 bridgehead atoms. The van der Waals surface area contributed by atoms with Crippen molar-refractivity contribution in [3.8, 4) is 0 Å². The van der Waals surface area contributed by atoms with E-state index in [0.29, 0.717) is 13.1 Å². The molecule has 0 aromatic heterocycles. The van der Waals surface area contributed by atoms with E-state index in [9.17, 15) is 13.2 Å². The molecule has 0 saturated heterocycles. The molecule has 19 heavy (non-hydrogen) atoms. The van der Waals surface area contributed by atoms with E-state index in [0.717, 1.165) is 36.5 Å². The molecule has 102 valence electrons. The Bertz CT molecular complexity index is 589. The van der Waals surface area contributed by atoms with Gasteiger partial charge in [0.05, 0.1) is 18.1 Å². The van der Waals surface area contributed by atoms with Gasteiger partial charge in [0, 0.05) is 6.04 Å². The van der Waals surface area contributed by atoms with Crippen LogP contribution in [0.1, 0.15) is 24.1 Å². The van der Waals surface area contributed by atoms with Gasteiger partial charge in [0.1, 0.15) is 0 Å². The van der Waals surface area contributed by atoms with Crippen LogP contribution in [0.3, 0.4) is 0 Å². The quantitative estimate of drug-likeness (QED) is 0.645. The summed E-state index contributed by atoms with van der Waals surface area (Å²) in [7, 11) is -2.86. The molecule has 1 atom stereocenters. The monoisotopic (exact) mass is 280 g/mol. The van der Waals surface area contributed by atoms with Crippen LogP contribution >= 0.6 is 0 Å². The predicted octanol–water partition coefficient (Wildman–Crippen LogP) is 0.519. The number of carbonyl (C=O) groups excluding carboxylic acids is 1. The molecule has 1 aliphatic rings. The average molecular weight is 280 g/mol. The number of rotatable bonds is 4. The van der Waals surface area contributed by atoms with Gasteiger partial charge in [-0.15, -0.1) is 0 Å². The maximum atomic E-state index is 11.4. The van der Waals surface area contributed by atoms with Crippen molar-refractivity contribution in [2.24, 2.45) is 0 Å². The van der Waals surface area contributed by atoms with Gasteiger partial charge in [-0.3, -0.25) is 4.72 Å². The summed E-state index contributed by atoms with van der Waals surface area (Å²) < 4.78 is 25.3. The van der Waals surface area contributed by atoms with Gasteiger partial charge in [0.25, 0.3) is 7.41 Å². The number of benzene rings is 1. The number of fused-ring (bicyclic) bond motifs is 1. The Morgan fingerprint density at radius 1 is 1.47 bits per heavy atom. The number of anilines is 1. The first-order valence-corrected chi connectivity index (χ1v) is 8.09. The Labute approximate surface area is 114 Å². The molecule has 1 unspecified atom stereocenters. The average Bonchev–Trinajstić information content (AvgIpc) is 2.32. The summed E-state index contributed by atoms with van der Waals surface area (Å²) in [5.74, 6) is 0. The number of carbonyl (C=O) groups is 1. The van der Waals surface area contributed by atoms with E-state index in [2.05, 4.69) is 9.53 Å². The number of sulfonamides is 1. The van der Waals surface area contributed by atoms with Gasteiger partial charge in [0.15, 0.2) is 0 Å². The lowest BCUT2D eigenvalue weighted by Gasteiger charge is -2.35. The minimum atomic E-state index is -3.27. The zero-order chi connectivity index (χ0) is 14.0. The predicted molar refractivity (Wildman–Crippen MR) is 77.6 cm³/mol. The van der Waals surface area contributed by atoms with Crippen molar-refractivity contribution in [3.63, 3.8) is 0 Å². The lowest BCUT2D eigenvalue weighted by molar-refractivity contribution is 0.343. The minimum absolute atomic E-state index is 0.121. The molecule has 1 aromatic rings. The van der Waals surface area contributed by atoms with Gasteiger partial charge in [-0.05, 0) is 37.1 Å². The molecule has 2 rings (SSSR count). The molecular weight excluding hydrogens is 263 g/mol. The van der Waals surface area contributed by atoms with Gasteiger partial charge >= 0.3 is 0 Å². The van der Waals surface area contributed by atoms with Crippen LogP contribution in [0.25, 0.3) is 0 Å². The molecule has 5 nitrogen and oxygen atoms in total. The van der Waals surface area contributed by atoms with Crippen LogP contribution < -0.4 is 4.72 Å². The third-order valence-electron chi connectivity index (χ3n) is 3.46. The molecule has 0 fully saturated rings. The zero-order valence-electron chi connectivity index (χ0n) is 11.1. The Balaban J connectivity index is 2.36. The van der Waals surface area contributed by atoms with Crippen LogP contribution in [0.4, 0.5) is 5.69 Å². The first-order chi connectivity index (χ1) is 8.92. The molecule has 1 aromatic carbocycles. The summed E-state index contributed by atoms with van der Waals surface area (Å²) >= 11 is 0. The second-order valence-electron chi connectivity index (χ2n) is 4.84.